The molecule has 1 aliphatic heterocycles. The lowest BCUT2D eigenvalue weighted by molar-refractivity contribution is 0.194. The molecule has 2 aromatic rings. The van der Waals surface area contributed by atoms with Gasteiger partial charge in [0, 0.05) is 32.7 Å². The van der Waals surface area contributed by atoms with E-state index in [9.17, 15) is 10.1 Å². The van der Waals surface area contributed by atoms with Gasteiger partial charge in [-0.25, -0.2) is 4.79 Å². The van der Waals surface area contributed by atoms with Crippen LogP contribution in [-0.4, -0.2) is 37.1 Å². The SMILES string of the molecule is Cc1cccc(CNC(=O)N2CCN(c3ccccc3C#N)CC2)c1. The molecule has 25 heavy (non-hydrogen) atoms. The van der Waals surface area contributed by atoms with Gasteiger partial charge in [0.1, 0.15) is 6.07 Å². The summed E-state index contributed by atoms with van der Waals surface area (Å²) in [7, 11) is 0. The van der Waals surface area contributed by atoms with E-state index in [0.717, 1.165) is 24.3 Å². The predicted molar refractivity (Wildman–Crippen MR) is 98.4 cm³/mol. The zero-order valence-electron chi connectivity index (χ0n) is 14.4. The summed E-state index contributed by atoms with van der Waals surface area (Å²) in [6, 6.07) is 18.0. The van der Waals surface area contributed by atoms with Gasteiger partial charge in [-0.1, -0.05) is 42.0 Å². The monoisotopic (exact) mass is 334 g/mol. The Morgan fingerprint density at radius 2 is 1.88 bits per heavy atom. The van der Waals surface area contributed by atoms with Crippen LogP contribution in [0.15, 0.2) is 48.5 Å². The number of amides is 2. The van der Waals surface area contributed by atoms with E-state index in [4.69, 9.17) is 0 Å². The van der Waals surface area contributed by atoms with Gasteiger partial charge < -0.3 is 15.1 Å². The van der Waals surface area contributed by atoms with E-state index in [1.54, 1.807) is 0 Å². The van der Waals surface area contributed by atoms with Crippen LogP contribution in [0.4, 0.5) is 10.5 Å². The Balaban J connectivity index is 1.53. The van der Waals surface area contributed by atoms with Crippen LogP contribution >= 0.6 is 0 Å². The molecule has 1 saturated heterocycles. The number of nitrogens with one attached hydrogen (secondary N) is 1. The molecule has 1 fully saturated rings. The quantitative estimate of drug-likeness (QED) is 0.939. The maximum absolute atomic E-state index is 12.4. The average Bonchev–Trinajstić information content (AvgIpc) is 2.66. The average molecular weight is 334 g/mol. The number of urea groups is 1. The largest absolute Gasteiger partial charge is 0.367 e. The normalized spacial score (nSPS) is 14.1. The number of piperazine rings is 1. The molecule has 5 heteroatoms. The minimum Gasteiger partial charge on any atom is -0.367 e. The fourth-order valence-corrected chi connectivity index (χ4v) is 3.11. The van der Waals surface area contributed by atoms with Gasteiger partial charge in [0.25, 0.3) is 0 Å². The summed E-state index contributed by atoms with van der Waals surface area (Å²) in [4.78, 5) is 16.4. The van der Waals surface area contributed by atoms with Gasteiger partial charge >= 0.3 is 6.03 Å². The van der Waals surface area contributed by atoms with Crippen LogP contribution in [0.3, 0.4) is 0 Å². The third-order valence-electron chi connectivity index (χ3n) is 4.46. The third kappa shape index (κ3) is 4.10. The fourth-order valence-electron chi connectivity index (χ4n) is 3.11. The number of carbonyl (C=O) groups is 1. The van der Waals surface area contributed by atoms with Gasteiger partial charge in [-0.15, -0.1) is 0 Å². The zero-order chi connectivity index (χ0) is 17.6. The van der Waals surface area contributed by atoms with Crippen molar-refractivity contribution in [2.24, 2.45) is 0 Å². The summed E-state index contributed by atoms with van der Waals surface area (Å²) in [6.07, 6.45) is 0. The number of benzene rings is 2. The van der Waals surface area contributed by atoms with Crippen molar-refractivity contribution in [3.05, 3.63) is 65.2 Å². The molecule has 0 radical (unpaired) electrons. The van der Waals surface area contributed by atoms with Crippen molar-refractivity contribution in [1.82, 2.24) is 10.2 Å². The summed E-state index contributed by atoms with van der Waals surface area (Å²) < 4.78 is 0. The predicted octanol–water partition coefficient (Wildman–Crippen LogP) is 2.90. The molecule has 0 unspecified atom stereocenters. The van der Waals surface area contributed by atoms with Gasteiger partial charge in [0.2, 0.25) is 0 Å². The first-order chi connectivity index (χ1) is 12.2. The van der Waals surface area contributed by atoms with Crippen LogP contribution in [-0.2, 0) is 6.54 Å². The highest BCUT2D eigenvalue weighted by molar-refractivity contribution is 5.74. The van der Waals surface area contributed by atoms with Crippen molar-refractivity contribution in [3.63, 3.8) is 0 Å². The fraction of sp³-hybridized carbons (Fsp3) is 0.300. The van der Waals surface area contributed by atoms with Crippen molar-refractivity contribution in [2.45, 2.75) is 13.5 Å². The number of nitrogens with zero attached hydrogens (tertiary/aromatic N) is 3. The maximum atomic E-state index is 12.4. The highest BCUT2D eigenvalue weighted by atomic mass is 16.2. The minimum atomic E-state index is -0.0327. The molecule has 1 aliphatic rings. The Kier molecular flexibility index (Phi) is 5.20. The van der Waals surface area contributed by atoms with Crippen molar-refractivity contribution in [2.75, 3.05) is 31.1 Å². The number of para-hydroxylation sites is 1. The first-order valence-corrected chi connectivity index (χ1v) is 8.50. The first kappa shape index (κ1) is 16.8. The van der Waals surface area contributed by atoms with E-state index in [1.807, 2.05) is 54.3 Å². The Bertz CT molecular complexity index is 788. The van der Waals surface area contributed by atoms with Crippen molar-refractivity contribution >= 4 is 11.7 Å². The van der Waals surface area contributed by atoms with Crippen LogP contribution in [0.25, 0.3) is 0 Å². The molecule has 1 N–H and O–H groups in total. The molecule has 0 bridgehead atoms. The molecule has 2 aromatic carbocycles. The Labute approximate surface area is 148 Å². The standard InChI is InChI=1S/C20H22N4O/c1-16-5-4-6-17(13-16)15-22-20(25)24-11-9-23(10-12-24)19-8-3-2-7-18(19)14-21/h2-8,13H,9-12,15H2,1H3,(H,22,25). The second kappa shape index (κ2) is 7.71. The van der Waals surface area contributed by atoms with Crippen LogP contribution in [0.1, 0.15) is 16.7 Å². The first-order valence-electron chi connectivity index (χ1n) is 8.50. The molecule has 0 aromatic heterocycles. The molecule has 0 atom stereocenters. The van der Waals surface area contributed by atoms with E-state index < -0.39 is 0 Å². The summed E-state index contributed by atoms with van der Waals surface area (Å²) in [5.41, 5.74) is 3.93. The molecule has 0 aliphatic carbocycles. The lowest BCUT2D eigenvalue weighted by Crippen LogP contribution is -2.51. The smallest absolute Gasteiger partial charge is 0.317 e. The highest BCUT2D eigenvalue weighted by Gasteiger charge is 2.22. The van der Waals surface area contributed by atoms with Gasteiger partial charge in [0.05, 0.1) is 11.3 Å². The number of hydrogen-bond acceptors (Lipinski definition) is 3. The van der Waals surface area contributed by atoms with Crippen molar-refractivity contribution < 1.29 is 4.79 Å². The van der Waals surface area contributed by atoms with Crippen molar-refractivity contribution in [1.29, 1.82) is 5.26 Å². The number of carbonyl (C=O) groups excluding carboxylic acids is 1. The maximum Gasteiger partial charge on any atom is 0.317 e. The van der Waals surface area contributed by atoms with E-state index >= 15 is 0 Å². The van der Waals surface area contributed by atoms with Crippen LogP contribution in [0.2, 0.25) is 0 Å². The molecule has 0 spiro atoms. The topological polar surface area (TPSA) is 59.4 Å². The van der Waals surface area contributed by atoms with Gasteiger partial charge in [-0.2, -0.15) is 5.26 Å². The van der Waals surface area contributed by atoms with Gasteiger partial charge in [-0.3, -0.25) is 0 Å². The Morgan fingerprint density at radius 3 is 2.60 bits per heavy atom. The molecular weight excluding hydrogens is 312 g/mol. The van der Waals surface area contributed by atoms with Gasteiger partial charge in [-0.05, 0) is 24.6 Å². The summed E-state index contributed by atoms with van der Waals surface area (Å²) in [5.74, 6) is 0. The van der Waals surface area contributed by atoms with Crippen LogP contribution < -0.4 is 10.2 Å². The van der Waals surface area contributed by atoms with Crippen LogP contribution in [0, 0.1) is 18.3 Å². The third-order valence-corrected chi connectivity index (χ3v) is 4.46. The molecule has 0 saturated carbocycles. The Morgan fingerprint density at radius 1 is 1.12 bits per heavy atom. The molecule has 128 valence electrons. The summed E-state index contributed by atoms with van der Waals surface area (Å²) in [5, 5.41) is 12.2. The highest BCUT2D eigenvalue weighted by Crippen LogP contribution is 2.21. The molecule has 2 amide bonds. The zero-order valence-corrected chi connectivity index (χ0v) is 14.4. The summed E-state index contributed by atoms with van der Waals surface area (Å²) in [6.45, 7) is 5.35. The van der Waals surface area contributed by atoms with E-state index in [0.29, 0.717) is 25.2 Å². The van der Waals surface area contributed by atoms with Crippen LogP contribution in [0.5, 0.6) is 0 Å². The van der Waals surface area contributed by atoms with E-state index in [2.05, 4.69) is 22.4 Å². The number of nitriles is 1. The lowest BCUT2D eigenvalue weighted by Gasteiger charge is -2.36. The van der Waals surface area contributed by atoms with Gasteiger partial charge in [0.15, 0.2) is 0 Å². The number of aryl methyl sites for hydroxylation is 1. The second-order valence-corrected chi connectivity index (χ2v) is 6.25. The lowest BCUT2D eigenvalue weighted by atomic mass is 10.1. The minimum absolute atomic E-state index is 0.0327. The number of anilines is 1. The molecule has 1 heterocycles. The molecule has 5 nitrogen and oxygen atoms in total. The van der Waals surface area contributed by atoms with E-state index in [-0.39, 0.29) is 6.03 Å². The Hall–Kier alpha value is -3.00. The van der Waals surface area contributed by atoms with Crippen molar-refractivity contribution in [3.8, 4) is 6.07 Å². The second-order valence-electron chi connectivity index (χ2n) is 6.25. The summed E-state index contributed by atoms with van der Waals surface area (Å²) >= 11 is 0. The number of hydrogen-bond donors (Lipinski definition) is 1. The molecule has 3 rings (SSSR count). The molecular formula is C20H22N4O. The van der Waals surface area contributed by atoms with E-state index in [1.165, 1.54) is 5.56 Å². The number of rotatable bonds is 3.